The molecule has 0 saturated carbocycles. The summed E-state index contributed by atoms with van der Waals surface area (Å²) < 4.78 is 31.5. The molecule has 50 valence electrons. The van der Waals surface area contributed by atoms with Crippen LogP contribution >= 0.6 is 7.82 Å². The molecular weight excluding hydrogens is 206 g/mol. The van der Waals surface area contributed by atoms with Gasteiger partial charge in [-0.15, -0.1) is 0 Å². The van der Waals surface area contributed by atoms with Gasteiger partial charge in [-0.05, 0) is 0 Å². The Morgan fingerprint density at radius 2 is 1.75 bits per heavy atom. The minimum atomic E-state index is -4.78. The molecule has 0 bridgehead atoms. The Morgan fingerprint density at radius 3 is 1.75 bits per heavy atom. The van der Waals surface area contributed by atoms with Gasteiger partial charge < -0.3 is 0 Å². The maximum atomic E-state index is 9.55. The van der Waals surface area contributed by atoms with Gasteiger partial charge in [-0.3, -0.25) is 0 Å². The standard InChI is InChI=1S/H3O6PSe/c1-7(2,3)6-8(4)5/h8H,(H2,1,2,3). The zero-order valence-corrected chi connectivity index (χ0v) is 6.19. The van der Waals surface area contributed by atoms with Gasteiger partial charge in [0.15, 0.2) is 0 Å². The first-order valence-corrected chi connectivity index (χ1v) is 5.14. The van der Waals surface area contributed by atoms with E-state index in [9.17, 15) is 12.2 Å². The fraction of sp³-hybridized carbons (Fsp3) is 0. The van der Waals surface area contributed by atoms with E-state index in [0.29, 0.717) is 0 Å². The van der Waals surface area contributed by atoms with Crippen molar-refractivity contribution in [1.29, 1.82) is 0 Å². The summed E-state index contributed by atoms with van der Waals surface area (Å²) in [6.45, 7) is 0. The summed E-state index contributed by atoms with van der Waals surface area (Å²) in [5.74, 6) is 0. The molecule has 0 aliphatic rings. The molecule has 0 aromatic rings. The van der Waals surface area contributed by atoms with Crippen molar-refractivity contribution in [1.82, 2.24) is 0 Å². The molecule has 0 saturated heterocycles. The predicted molar refractivity (Wildman–Crippen MR) is 21.7 cm³/mol. The predicted octanol–water partition coefficient (Wildman–Crippen LogP) is -1.33. The quantitative estimate of drug-likeness (QED) is 0.431. The second kappa shape index (κ2) is 2.68. The molecule has 0 amide bonds. The SMILES string of the molecule is O=[SeH](=O)OP(=O)(O)O. The molecule has 6 nitrogen and oxygen atoms in total. The fourth-order valence-electron chi connectivity index (χ4n) is 0.0868. The van der Waals surface area contributed by atoms with Crippen LogP contribution in [0.4, 0.5) is 0 Å². The molecule has 2 N–H and O–H groups in total. The van der Waals surface area contributed by atoms with Crippen LogP contribution in [-0.4, -0.2) is 23.9 Å². The summed E-state index contributed by atoms with van der Waals surface area (Å²) in [6.07, 6.45) is 0. The van der Waals surface area contributed by atoms with Crippen LogP contribution in [0.3, 0.4) is 0 Å². The molecule has 0 spiro atoms. The Labute approximate surface area is 48.3 Å². The Bertz CT molecular complexity index is 163. The zero-order valence-electron chi connectivity index (χ0n) is 3.42. The van der Waals surface area contributed by atoms with Crippen molar-refractivity contribution in [2.24, 2.45) is 0 Å². The van der Waals surface area contributed by atoms with Crippen molar-refractivity contribution >= 4 is 21.9 Å². The summed E-state index contributed by atoms with van der Waals surface area (Å²) in [4.78, 5) is 15.4. The van der Waals surface area contributed by atoms with E-state index in [4.69, 9.17) is 9.79 Å². The van der Waals surface area contributed by atoms with Gasteiger partial charge in [0, 0.05) is 0 Å². The Morgan fingerprint density at radius 1 is 1.38 bits per heavy atom. The average molecular weight is 209 g/mol. The maximum absolute atomic E-state index is 9.55. The molecule has 0 aromatic carbocycles. The van der Waals surface area contributed by atoms with E-state index in [1.165, 1.54) is 0 Å². The van der Waals surface area contributed by atoms with Crippen LogP contribution in [0.2, 0.25) is 0 Å². The number of phosphoric acid groups is 1. The van der Waals surface area contributed by atoms with Gasteiger partial charge in [-0.25, -0.2) is 0 Å². The van der Waals surface area contributed by atoms with E-state index in [0.717, 1.165) is 0 Å². The van der Waals surface area contributed by atoms with Crippen LogP contribution in [0, 0.1) is 0 Å². The van der Waals surface area contributed by atoms with Gasteiger partial charge in [0.1, 0.15) is 0 Å². The normalized spacial score (nSPS) is 12.4. The first-order chi connectivity index (χ1) is 3.42. The molecule has 0 rings (SSSR count). The summed E-state index contributed by atoms with van der Waals surface area (Å²) in [5, 5.41) is 0. The van der Waals surface area contributed by atoms with E-state index in [2.05, 4.69) is 3.61 Å². The van der Waals surface area contributed by atoms with Gasteiger partial charge in [-0.2, -0.15) is 0 Å². The second-order valence-corrected chi connectivity index (χ2v) is 3.91. The first-order valence-electron chi connectivity index (χ1n) is 1.31. The molecular formula is H3O6PSe. The summed E-state index contributed by atoms with van der Waals surface area (Å²) in [6, 6.07) is 0. The van der Waals surface area contributed by atoms with E-state index >= 15 is 0 Å². The third-order valence-corrected chi connectivity index (χ3v) is 2.70. The van der Waals surface area contributed by atoms with Crippen molar-refractivity contribution < 1.29 is 25.6 Å². The molecule has 0 fully saturated rings. The van der Waals surface area contributed by atoms with Crippen molar-refractivity contribution in [3.8, 4) is 0 Å². The topological polar surface area (TPSA) is 101 Å². The van der Waals surface area contributed by atoms with E-state index in [-0.39, 0.29) is 0 Å². The Hall–Kier alpha value is 0.229. The van der Waals surface area contributed by atoms with E-state index in [1.807, 2.05) is 0 Å². The van der Waals surface area contributed by atoms with Crippen LogP contribution in [0.5, 0.6) is 0 Å². The van der Waals surface area contributed by atoms with Gasteiger partial charge in [-0.1, -0.05) is 0 Å². The van der Waals surface area contributed by atoms with Crippen LogP contribution < -0.4 is 0 Å². The average Bonchev–Trinajstić information content (AvgIpc) is 1.21. The first kappa shape index (κ1) is 8.23. The summed E-state index contributed by atoms with van der Waals surface area (Å²) in [5.41, 5.74) is 0. The molecule has 0 unspecified atom stereocenters. The Kier molecular flexibility index (Phi) is 2.76. The summed E-state index contributed by atoms with van der Waals surface area (Å²) in [7, 11) is -4.78. The van der Waals surface area contributed by atoms with Crippen LogP contribution in [0.15, 0.2) is 0 Å². The second-order valence-electron chi connectivity index (χ2n) is 0.796. The number of hydrogen-bond donors (Lipinski definition) is 2. The summed E-state index contributed by atoms with van der Waals surface area (Å²) >= 11 is -4.12. The van der Waals surface area contributed by atoms with Gasteiger partial charge in [0.05, 0.1) is 0 Å². The van der Waals surface area contributed by atoms with E-state index in [1.54, 1.807) is 0 Å². The molecule has 0 radical (unpaired) electrons. The molecule has 0 aromatic heterocycles. The van der Waals surface area contributed by atoms with Crippen LogP contribution in [-0.2, 0) is 15.8 Å². The van der Waals surface area contributed by atoms with Gasteiger partial charge in [0.2, 0.25) is 0 Å². The monoisotopic (exact) mass is 210 g/mol. The third-order valence-electron chi connectivity index (χ3n) is 0.173. The van der Waals surface area contributed by atoms with Gasteiger partial charge in [0.25, 0.3) is 0 Å². The molecule has 0 aliphatic heterocycles. The van der Waals surface area contributed by atoms with Crippen molar-refractivity contribution in [3.63, 3.8) is 0 Å². The molecule has 0 aliphatic carbocycles. The molecule has 0 heterocycles. The molecule has 8 heteroatoms. The van der Waals surface area contributed by atoms with Crippen LogP contribution in [0.1, 0.15) is 0 Å². The minimum absolute atomic E-state index is 3.14. The van der Waals surface area contributed by atoms with Crippen LogP contribution in [0.25, 0.3) is 0 Å². The van der Waals surface area contributed by atoms with Crippen molar-refractivity contribution in [3.05, 3.63) is 0 Å². The molecule has 0 atom stereocenters. The fourth-order valence-corrected chi connectivity index (χ4v) is 1.35. The van der Waals surface area contributed by atoms with Gasteiger partial charge >= 0.3 is 47.5 Å². The number of rotatable bonds is 2. The van der Waals surface area contributed by atoms with Crippen molar-refractivity contribution in [2.75, 3.05) is 0 Å². The van der Waals surface area contributed by atoms with Crippen molar-refractivity contribution in [2.45, 2.75) is 0 Å². The van der Waals surface area contributed by atoms with E-state index < -0.39 is 21.9 Å². The molecule has 8 heavy (non-hydrogen) atoms. The third kappa shape index (κ3) is 6.23. The number of hydrogen-bond acceptors (Lipinski definition) is 4. The zero-order chi connectivity index (χ0) is 6.78. The Balaban J connectivity index is 3.94.